The molecule has 1 aromatic heterocycles. The highest BCUT2D eigenvalue weighted by atomic mass is 32.2. The van der Waals surface area contributed by atoms with E-state index in [-0.39, 0.29) is 29.6 Å². The summed E-state index contributed by atoms with van der Waals surface area (Å²) in [5.74, 6) is -0.240. The number of benzene rings is 1. The number of rotatable bonds is 3. The smallest absolute Gasteiger partial charge is 0.151 e. The first-order chi connectivity index (χ1) is 9.53. The second-order valence-electron chi connectivity index (χ2n) is 5.24. The number of nitrogens with zero attached hydrogens (tertiary/aromatic N) is 1. The van der Waals surface area contributed by atoms with E-state index in [0.717, 1.165) is 10.9 Å². The number of fused-ring (bicyclic) bond motifs is 1. The fourth-order valence-corrected chi connectivity index (χ4v) is 4.35. The molecule has 0 aliphatic carbocycles. The molecule has 3 rings (SSSR count). The van der Waals surface area contributed by atoms with Crippen molar-refractivity contribution in [2.24, 2.45) is 5.92 Å². The van der Waals surface area contributed by atoms with E-state index in [9.17, 15) is 13.2 Å². The molecule has 0 saturated carbocycles. The van der Waals surface area contributed by atoms with Crippen molar-refractivity contribution < 1.29 is 13.2 Å². The molecule has 0 radical (unpaired) electrons. The zero-order chi connectivity index (χ0) is 14.2. The predicted molar refractivity (Wildman–Crippen MR) is 77.2 cm³/mol. The molecule has 0 bridgehead atoms. The molecule has 1 atom stereocenters. The molecule has 1 aromatic carbocycles. The lowest BCUT2D eigenvalue weighted by Gasteiger charge is -2.07. The van der Waals surface area contributed by atoms with Crippen molar-refractivity contribution in [3.05, 3.63) is 42.1 Å². The monoisotopic (exact) mass is 289 g/mol. The van der Waals surface area contributed by atoms with Crippen molar-refractivity contribution in [2.45, 2.75) is 12.8 Å². The first-order valence-corrected chi connectivity index (χ1v) is 8.43. The van der Waals surface area contributed by atoms with Crippen molar-refractivity contribution in [1.82, 2.24) is 4.98 Å². The highest BCUT2D eigenvalue weighted by Gasteiger charge is 2.32. The summed E-state index contributed by atoms with van der Waals surface area (Å²) in [6.45, 7) is 0. The van der Waals surface area contributed by atoms with Crippen LogP contribution in [0.1, 0.15) is 12.1 Å². The van der Waals surface area contributed by atoms with Crippen LogP contribution in [-0.2, 0) is 21.1 Å². The number of carbonyl (C=O) groups excluding carboxylic acids is 1. The molecule has 104 valence electrons. The van der Waals surface area contributed by atoms with Crippen LogP contribution in [0.15, 0.2) is 36.4 Å². The van der Waals surface area contributed by atoms with Gasteiger partial charge >= 0.3 is 0 Å². The third kappa shape index (κ3) is 2.72. The number of sulfone groups is 1. The third-order valence-electron chi connectivity index (χ3n) is 3.70. The molecule has 2 aromatic rings. The van der Waals surface area contributed by atoms with Gasteiger partial charge in [0.25, 0.3) is 0 Å². The number of Topliss-reactive ketones (excluding diaryl/α,β-unsaturated/α-hetero) is 1. The normalized spacial score (nSPS) is 21.1. The minimum Gasteiger partial charge on any atom is -0.299 e. The molecule has 2 heterocycles. The van der Waals surface area contributed by atoms with Crippen LogP contribution in [0.2, 0.25) is 0 Å². The summed E-state index contributed by atoms with van der Waals surface area (Å²) in [4.78, 5) is 16.6. The number of pyridine rings is 1. The lowest BCUT2D eigenvalue weighted by molar-refractivity contribution is -0.121. The van der Waals surface area contributed by atoms with Crippen molar-refractivity contribution in [2.75, 3.05) is 11.5 Å². The fraction of sp³-hybridized carbons (Fsp3) is 0.333. The van der Waals surface area contributed by atoms with Crippen LogP contribution in [0.3, 0.4) is 0 Å². The van der Waals surface area contributed by atoms with Gasteiger partial charge in [-0.25, -0.2) is 8.42 Å². The molecule has 1 fully saturated rings. The van der Waals surface area contributed by atoms with E-state index in [0.29, 0.717) is 12.1 Å². The Labute approximate surface area is 117 Å². The lowest BCUT2D eigenvalue weighted by Crippen LogP contribution is -2.18. The molecule has 0 amide bonds. The van der Waals surface area contributed by atoms with Gasteiger partial charge in [-0.2, -0.15) is 0 Å². The summed E-state index contributed by atoms with van der Waals surface area (Å²) in [5.41, 5.74) is 1.56. The number of carbonyl (C=O) groups is 1. The first kappa shape index (κ1) is 13.2. The summed E-state index contributed by atoms with van der Waals surface area (Å²) in [6.07, 6.45) is 0.666. The summed E-state index contributed by atoms with van der Waals surface area (Å²) >= 11 is 0. The van der Waals surface area contributed by atoms with Gasteiger partial charge < -0.3 is 0 Å². The van der Waals surface area contributed by atoms with Crippen LogP contribution in [0.4, 0.5) is 0 Å². The summed E-state index contributed by atoms with van der Waals surface area (Å²) in [7, 11) is -3.01. The van der Waals surface area contributed by atoms with E-state index >= 15 is 0 Å². The standard InChI is InChI=1S/C15H15NO3S/c17-15(12-7-8-20(18,19)10-12)9-13-6-5-11-3-1-2-4-14(11)16-13/h1-6,12H,7-10H2. The van der Waals surface area contributed by atoms with Crippen molar-refractivity contribution in [3.8, 4) is 0 Å². The van der Waals surface area contributed by atoms with Gasteiger partial charge in [0.1, 0.15) is 5.78 Å². The highest BCUT2D eigenvalue weighted by molar-refractivity contribution is 7.91. The maximum Gasteiger partial charge on any atom is 0.151 e. The lowest BCUT2D eigenvalue weighted by atomic mass is 9.99. The van der Waals surface area contributed by atoms with Crippen molar-refractivity contribution in [3.63, 3.8) is 0 Å². The molecule has 1 aliphatic rings. The predicted octanol–water partition coefficient (Wildman–Crippen LogP) is 1.78. The first-order valence-electron chi connectivity index (χ1n) is 6.61. The van der Waals surface area contributed by atoms with Crippen LogP contribution < -0.4 is 0 Å². The second kappa shape index (κ2) is 4.98. The van der Waals surface area contributed by atoms with E-state index in [1.54, 1.807) is 0 Å². The van der Waals surface area contributed by atoms with Gasteiger partial charge in [-0.1, -0.05) is 24.3 Å². The summed E-state index contributed by atoms with van der Waals surface area (Å²) in [5, 5.41) is 1.03. The minimum absolute atomic E-state index is 0.000581. The van der Waals surface area contributed by atoms with E-state index in [2.05, 4.69) is 4.98 Å². The van der Waals surface area contributed by atoms with Crippen LogP contribution in [0.25, 0.3) is 10.9 Å². The SMILES string of the molecule is O=C(Cc1ccc2ccccc2n1)C1CCS(=O)(=O)C1. The van der Waals surface area contributed by atoms with Crippen molar-refractivity contribution in [1.29, 1.82) is 0 Å². The van der Waals surface area contributed by atoms with Gasteiger partial charge in [0.15, 0.2) is 9.84 Å². The quantitative estimate of drug-likeness (QED) is 0.864. The summed E-state index contributed by atoms with van der Waals surface area (Å²) < 4.78 is 22.8. The van der Waals surface area contributed by atoms with Gasteiger partial charge in [-0.15, -0.1) is 0 Å². The van der Waals surface area contributed by atoms with Gasteiger partial charge in [0, 0.05) is 23.4 Å². The molecule has 4 nitrogen and oxygen atoms in total. The van der Waals surface area contributed by atoms with E-state index in [1.807, 2.05) is 36.4 Å². The average molecular weight is 289 g/mol. The van der Waals surface area contributed by atoms with Gasteiger partial charge in [-0.3, -0.25) is 9.78 Å². The largest absolute Gasteiger partial charge is 0.299 e. The second-order valence-corrected chi connectivity index (χ2v) is 7.47. The summed E-state index contributed by atoms with van der Waals surface area (Å²) in [6, 6.07) is 11.5. The number of hydrogen-bond acceptors (Lipinski definition) is 4. The zero-order valence-electron chi connectivity index (χ0n) is 11.0. The van der Waals surface area contributed by atoms with E-state index in [4.69, 9.17) is 0 Å². The number of ketones is 1. The minimum atomic E-state index is -3.01. The van der Waals surface area contributed by atoms with E-state index < -0.39 is 9.84 Å². The molecule has 1 unspecified atom stereocenters. The Hall–Kier alpha value is -1.75. The Morgan fingerprint density at radius 3 is 2.75 bits per heavy atom. The maximum atomic E-state index is 12.1. The van der Waals surface area contributed by atoms with Crippen LogP contribution in [-0.4, -0.2) is 30.7 Å². The molecule has 0 spiro atoms. The van der Waals surface area contributed by atoms with Crippen LogP contribution in [0.5, 0.6) is 0 Å². The number of para-hydroxylation sites is 1. The zero-order valence-corrected chi connectivity index (χ0v) is 11.8. The highest BCUT2D eigenvalue weighted by Crippen LogP contribution is 2.21. The topological polar surface area (TPSA) is 64.1 Å². The van der Waals surface area contributed by atoms with Gasteiger partial charge in [-0.05, 0) is 18.6 Å². The average Bonchev–Trinajstić information content (AvgIpc) is 2.79. The molecule has 1 saturated heterocycles. The van der Waals surface area contributed by atoms with Gasteiger partial charge in [0.2, 0.25) is 0 Å². The van der Waals surface area contributed by atoms with Gasteiger partial charge in [0.05, 0.1) is 17.0 Å². The fourth-order valence-electron chi connectivity index (χ4n) is 2.58. The Morgan fingerprint density at radius 1 is 1.20 bits per heavy atom. The Kier molecular flexibility index (Phi) is 3.30. The Balaban J connectivity index is 1.78. The molecular weight excluding hydrogens is 274 g/mol. The van der Waals surface area contributed by atoms with E-state index in [1.165, 1.54) is 0 Å². The molecule has 20 heavy (non-hydrogen) atoms. The number of hydrogen-bond donors (Lipinski definition) is 0. The molecule has 0 N–H and O–H groups in total. The maximum absolute atomic E-state index is 12.1. The Morgan fingerprint density at radius 2 is 2.00 bits per heavy atom. The molecule has 1 aliphatic heterocycles. The van der Waals surface area contributed by atoms with Crippen molar-refractivity contribution >= 4 is 26.5 Å². The van der Waals surface area contributed by atoms with Crippen LogP contribution in [0, 0.1) is 5.92 Å². The molecule has 5 heteroatoms. The number of aromatic nitrogens is 1. The Bertz CT molecular complexity index is 768. The van der Waals surface area contributed by atoms with Crippen LogP contribution >= 0.6 is 0 Å². The third-order valence-corrected chi connectivity index (χ3v) is 5.47. The molecular formula is C15H15NO3S.